The zero-order valence-electron chi connectivity index (χ0n) is 13.9. The van der Waals surface area contributed by atoms with Gasteiger partial charge in [-0.3, -0.25) is 9.59 Å². The summed E-state index contributed by atoms with van der Waals surface area (Å²) >= 11 is 0. The lowest BCUT2D eigenvalue weighted by molar-refractivity contribution is 0.100. The van der Waals surface area contributed by atoms with Crippen molar-refractivity contribution in [2.24, 2.45) is 0 Å². The number of carbonyl (C=O) groups excluding carboxylic acids is 2. The molecule has 0 amide bonds. The average molecular weight is 320 g/mol. The van der Waals surface area contributed by atoms with E-state index in [1.807, 2.05) is 24.3 Å². The number of nitrogen functional groups attached to an aromatic ring is 1. The van der Waals surface area contributed by atoms with Gasteiger partial charge in [0, 0.05) is 35.6 Å². The molecule has 0 saturated heterocycles. The van der Waals surface area contributed by atoms with Crippen LogP contribution in [0.2, 0.25) is 0 Å². The average Bonchev–Trinajstić information content (AvgIpc) is 2.60. The first kappa shape index (κ1) is 16.0. The molecule has 1 aliphatic rings. The highest BCUT2D eigenvalue weighted by Crippen LogP contribution is 2.31. The number of ketones is 2. The van der Waals surface area contributed by atoms with Crippen LogP contribution in [0, 0.1) is 0 Å². The Kier molecular flexibility index (Phi) is 4.21. The van der Waals surface area contributed by atoms with E-state index >= 15 is 0 Å². The third-order valence-electron chi connectivity index (χ3n) is 4.42. The van der Waals surface area contributed by atoms with Gasteiger partial charge >= 0.3 is 0 Å². The molecule has 0 unspecified atom stereocenters. The molecule has 2 aromatic rings. The SMILES string of the molecule is CCN(CC)c1ccc(C2=CC(=O)c3cccc(N)c3C2=O)cc1. The van der Waals surface area contributed by atoms with Gasteiger partial charge in [-0.1, -0.05) is 24.3 Å². The molecule has 0 atom stereocenters. The van der Waals surface area contributed by atoms with E-state index in [0.29, 0.717) is 22.4 Å². The smallest absolute Gasteiger partial charge is 0.196 e. The van der Waals surface area contributed by atoms with Crippen LogP contribution < -0.4 is 10.6 Å². The number of nitrogens with two attached hydrogens (primary N) is 1. The summed E-state index contributed by atoms with van der Waals surface area (Å²) in [5, 5.41) is 0. The van der Waals surface area contributed by atoms with E-state index < -0.39 is 0 Å². The molecule has 4 heteroatoms. The molecule has 3 rings (SSSR count). The molecule has 0 bridgehead atoms. The Balaban J connectivity index is 2.00. The van der Waals surface area contributed by atoms with Crippen LogP contribution in [0.1, 0.15) is 40.1 Å². The van der Waals surface area contributed by atoms with Crippen molar-refractivity contribution in [2.75, 3.05) is 23.7 Å². The van der Waals surface area contributed by atoms with E-state index in [4.69, 9.17) is 5.73 Å². The zero-order valence-corrected chi connectivity index (χ0v) is 13.9. The summed E-state index contributed by atoms with van der Waals surface area (Å²) in [6.07, 6.45) is 1.41. The zero-order chi connectivity index (χ0) is 17.3. The van der Waals surface area contributed by atoms with Crippen LogP contribution >= 0.6 is 0 Å². The Morgan fingerprint density at radius 1 is 0.958 bits per heavy atom. The lowest BCUT2D eigenvalue weighted by Crippen LogP contribution is -2.21. The van der Waals surface area contributed by atoms with Gasteiger partial charge in [-0.2, -0.15) is 0 Å². The van der Waals surface area contributed by atoms with Crippen LogP contribution in [0.4, 0.5) is 11.4 Å². The number of nitrogens with zero attached hydrogens (tertiary/aromatic N) is 1. The minimum absolute atomic E-state index is 0.181. The highest BCUT2D eigenvalue weighted by Gasteiger charge is 2.28. The number of allylic oxidation sites excluding steroid dienone is 2. The fourth-order valence-electron chi connectivity index (χ4n) is 3.09. The van der Waals surface area contributed by atoms with Gasteiger partial charge < -0.3 is 10.6 Å². The second-order valence-corrected chi connectivity index (χ2v) is 5.74. The molecule has 0 heterocycles. The van der Waals surface area contributed by atoms with Gasteiger partial charge in [0.1, 0.15) is 0 Å². The van der Waals surface area contributed by atoms with Crippen molar-refractivity contribution >= 4 is 28.5 Å². The first-order valence-corrected chi connectivity index (χ1v) is 8.11. The molecule has 0 fully saturated rings. The summed E-state index contributed by atoms with van der Waals surface area (Å²) in [7, 11) is 0. The standard InChI is InChI=1S/C20H20N2O2/c1-3-22(4-2)14-10-8-13(9-11-14)16-12-18(23)15-6-5-7-17(21)19(15)20(16)24/h5-12H,3-4,21H2,1-2H3. The number of Topliss-reactive ketones (excluding diaryl/α,β-unsaturated/α-hetero) is 1. The summed E-state index contributed by atoms with van der Waals surface area (Å²) < 4.78 is 0. The van der Waals surface area contributed by atoms with Crippen molar-refractivity contribution in [3.05, 3.63) is 65.2 Å². The molecule has 4 nitrogen and oxygen atoms in total. The number of benzene rings is 2. The maximum Gasteiger partial charge on any atom is 0.196 e. The molecule has 122 valence electrons. The van der Waals surface area contributed by atoms with Gasteiger partial charge in [0.15, 0.2) is 11.6 Å². The van der Waals surface area contributed by atoms with Crippen LogP contribution in [0.5, 0.6) is 0 Å². The van der Waals surface area contributed by atoms with Gasteiger partial charge in [-0.05, 0) is 43.7 Å². The van der Waals surface area contributed by atoms with Crippen LogP contribution in [-0.2, 0) is 0 Å². The van der Waals surface area contributed by atoms with E-state index in [-0.39, 0.29) is 11.6 Å². The molecule has 0 radical (unpaired) electrons. The lowest BCUT2D eigenvalue weighted by atomic mass is 9.85. The molecule has 2 N–H and O–H groups in total. The van der Waals surface area contributed by atoms with Gasteiger partial charge in [-0.15, -0.1) is 0 Å². The molecule has 24 heavy (non-hydrogen) atoms. The largest absolute Gasteiger partial charge is 0.398 e. The maximum absolute atomic E-state index is 12.8. The Morgan fingerprint density at radius 3 is 2.25 bits per heavy atom. The Bertz CT molecular complexity index is 831. The second-order valence-electron chi connectivity index (χ2n) is 5.74. The molecular weight excluding hydrogens is 300 g/mol. The van der Waals surface area contributed by atoms with Gasteiger partial charge in [0.2, 0.25) is 0 Å². The topological polar surface area (TPSA) is 63.4 Å². The molecule has 1 aliphatic carbocycles. The number of rotatable bonds is 4. The van der Waals surface area contributed by atoms with E-state index in [0.717, 1.165) is 24.3 Å². The second kappa shape index (κ2) is 6.32. The first-order chi connectivity index (χ1) is 11.6. The minimum Gasteiger partial charge on any atom is -0.398 e. The van der Waals surface area contributed by atoms with Crippen molar-refractivity contribution in [1.82, 2.24) is 0 Å². The van der Waals surface area contributed by atoms with Crippen molar-refractivity contribution in [3.63, 3.8) is 0 Å². The molecular formula is C20H20N2O2. The van der Waals surface area contributed by atoms with E-state index in [2.05, 4.69) is 18.7 Å². The Labute approximate surface area is 141 Å². The molecule has 0 aromatic heterocycles. The van der Waals surface area contributed by atoms with Crippen LogP contribution in [0.25, 0.3) is 5.57 Å². The quantitative estimate of drug-likeness (QED) is 0.875. The Hall–Kier alpha value is -2.88. The molecule has 0 saturated carbocycles. The third kappa shape index (κ3) is 2.60. The van der Waals surface area contributed by atoms with Gasteiger partial charge in [0.05, 0.1) is 5.56 Å². The fourth-order valence-corrected chi connectivity index (χ4v) is 3.09. The number of fused-ring (bicyclic) bond motifs is 1. The minimum atomic E-state index is -0.196. The van der Waals surface area contributed by atoms with E-state index in [1.54, 1.807) is 18.2 Å². The van der Waals surface area contributed by atoms with Gasteiger partial charge in [-0.25, -0.2) is 0 Å². The number of hydrogen-bond donors (Lipinski definition) is 1. The first-order valence-electron chi connectivity index (χ1n) is 8.11. The van der Waals surface area contributed by atoms with E-state index in [9.17, 15) is 9.59 Å². The third-order valence-corrected chi connectivity index (χ3v) is 4.42. The predicted octanol–water partition coefficient (Wildman–Crippen LogP) is 3.58. The summed E-state index contributed by atoms with van der Waals surface area (Å²) in [5.41, 5.74) is 9.19. The normalized spacial score (nSPS) is 13.5. The number of hydrogen-bond acceptors (Lipinski definition) is 4. The van der Waals surface area contributed by atoms with Crippen molar-refractivity contribution in [2.45, 2.75) is 13.8 Å². The summed E-state index contributed by atoms with van der Waals surface area (Å²) in [6, 6.07) is 12.7. The summed E-state index contributed by atoms with van der Waals surface area (Å²) in [6.45, 7) is 6.03. The highest BCUT2D eigenvalue weighted by atomic mass is 16.1. The molecule has 0 spiro atoms. The molecule has 2 aromatic carbocycles. The summed E-state index contributed by atoms with van der Waals surface area (Å²) in [5.74, 6) is -0.377. The van der Waals surface area contributed by atoms with Crippen LogP contribution in [0.3, 0.4) is 0 Å². The van der Waals surface area contributed by atoms with Crippen molar-refractivity contribution in [3.8, 4) is 0 Å². The Morgan fingerprint density at radius 2 is 1.62 bits per heavy atom. The lowest BCUT2D eigenvalue weighted by Gasteiger charge is -2.22. The van der Waals surface area contributed by atoms with Crippen LogP contribution in [-0.4, -0.2) is 24.7 Å². The number of anilines is 2. The van der Waals surface area contributed by atoms with Gasteiger partial charge in [0.25, 0.3) is 0 Å². The van der Waals surface area contributed by atoms with E-state index in [1.165, 1.54) is 6.08 Å². The molecule has 0 aliphatic heterocycles. The number of carbonyl (C=O) groups is 2. The maximum atomic E-state index is 12.8. The highest BCUT2D eigenvalue weighted by molar-refractivity contribution is 6.40. The van der Waals surface area contributed by atoms with Crippen LogP contribution in [0.15, 0.2) is 48.5 Å². The van der Waals surface area contributed by atoms with Crippen molar-refractivity contribution < 1.29 is 9.59 Å². The van der Waals surface area contributed by atoms with Crippen molar-refractivity contribution in [1.29, 1.82) is 0 Å². The predicted molar refractivity (Wildman–Crippen MR) is 97.5 cm³/mol. The monoisotopic (exact) mass is 320 g/mol. The fraction of sp³-hybridized carbons (Fsp3) is 0.200. The summed E-state index contributed by atoms with van der Waals surface area (Å²) in [4.78, 5) is 27.4.